The average Bonchev–Trinajstić information content (AvgIpc) is 3.39. The van der Waals surface area contributed by atoms with Crippen molar-refractivity contribution in [1.29, 1.82) is 0 Å². The quantitative estimate of drug-likeness (QED) is 0.214. The number of aliphatic hydroxyl groups excluding tert-OH is 1. The number of ketones is 1. The number of aliphatic hydroxyl groups is 1. The Morgan fingerprint density at radius 2 is 1.74 bits per heavy atom. The van der Waals surface area contributed by atoms with Crippen LogP contribution in [-0.2, 0) is 0 Å². The third-order valence-electron chi connectivity index (χ3n) is 7.49. The highest BCUT2D eigenvalue weighted by Crippen LogP contribution is 2.29. The summed E-state index contributed by atoms with van der Waals surface area (Å²) in [6, 6.07) is 2.86. The van der Waals surface area contributed by atoms with Gasteiger partial charge in [0.25, 0.3) is 0 Å². The number of aromatic nitrogens is 3. The first-order valence-electron chi connectivity index (χ1n) is 14.7. The molecule has 0 spiro atoms. The fourth-order valence-electron chi connectivity index (χ4n) is 4.66. The lowest BCUT2D eigenvalue weighted by atomic mass is 10.0. The summed E-state index contributed by atoms with van der Waals surface area (Å²) in [5.74, 6) is -2.71. The molecule has 228 valence electrons. The summed E-state index contributed by atoms with van der Waals surface area (Å²) in [5.41, 5.74) is 3.71. The Morgan fingerprint density at radius 3 is 2.26 bits per heavy atom. The van der Waals surface area contributed by atoms with Crippen LogP contribution in [0.25, 0.3) is 17.7 Å². The molecule has 42 heavy (non-hydrogen) atoms. The average molecular weight is 581 g/mol. The van der Waals surface area contributed by atoms with Crippen LogP contribution >= 0.6 is 0 Å². The molecule has 8 heteroatoms. The fourth-order valence-corrected chi connectivity index (χ4v) is 4.66. The molecule has 0 aliphatic carbocycles. The molecule has 1 saturated heterocycles. The van der Waals surface area contributed by atoms with Crippen LogP contribution in [0.4, 0.5) is 8.78 Å². The molecule has 1 aromatic carbocycles. The molecule has 3 rings (SSSR count). The van der Waals surface area contributed by atoms with E-state index in [9.17, 15) is 13.6 Å². The van der Waals surface area contributed by atoms with Gasteiger partial charge in [-0.3, -0.25) is 4.79 Å². The smallest absolute Gasteiger partial charge is 0.170 e. The summed E-state index contributed by atoms with van der Waals surface area (Å²) >= 11 is 0. The Morgan fingerprint density at radius 1 is 1.12 bits per heavy atom. The van der Waals surface area contributed by atoms with Crippen molar-refractivity contribution < 1.29 is 18.7 Å². The van der Waals surface area contributed by atoms with Gasteiger partial charge in [-0.1, -0.05) is 62.4 Å². The third kappa shape index (κ3) is 9.18. The maximum absolute atomic E-state index is 14.6. The predicted octanol–water partition coefficient (Wildman–Crippen LogP) is 8.19. The molecule has 1 aromatic heterocycles. The van der Waals surface area contributed by atoms with E-state index >= 15 is 0 Å². The Bertz CT molecular complexity index is 1330. The molecule has 1 fully saturated rings. The number of carbonyl (C=O) groups excluding carboxylic acids is 1. The SMILES string of the molecule is C=Cc1c(/C=C(\C)c2ccc(C(C)=O)c(F)c2F)nnn1C1CCN(C(=C)/C=C\C(C)=C/C)CC1.CCCC(O)CC. The van der Waals surface area contributed by atoms with Gasteiger partial charge in [0.05, 0.1) is 23.4 Å². The van der Waals surface area contributed by atoms with Gasteiger partial charge in [0.1, 0.15) is 5.69 Å². The molecule has 1 aliphatic heterocycles. The number of hydrogen-bond donors (Lipinski definition) is 1. The molecule has 0 amide bonds. The first-order valence-corrected chi connectivity index (χ1v) is 14.7. The number of piperidine rings is 1. The van der Waals surface area contributed by atoms with E-state index in [1.54, 1.807) is 19.1 Å². The van der Waals surface area contributed by atoms with E-state index in [2.05, 4.69) is 54.4 Å². The minimum atomic E-state index is -1.14. The maximum Gasteiger partial charge on any atom is 0.170 e. The number of likely N-dealkylation sites (tertiary alicyclic amines) is 1. The lowest BCUT2D eigenvalue weighted by Gasteiger charge is -2.34. The lowest BCUT2D eigenvalue weighted by molar-refractivity contribution is 0.101. The molecule has 6 nitrogen and oxygen atoms in total. The van der Waals surface area contributed by atoms with E-state index in [0.29, 0.717) is 11.3 Å². The van der Waals surface area contributed by atoms with Gasteiger partial charge in [0.2, 0.25) is 0 Å². The second kappa shape index (κ2) is 16.7. The highest BCUT2D eigenvalue weighted by Gasteiger charge is 2.24. The number of allylic oxidation sites excluding steroid dienone is 5. The Balaban J connectivity index is 0.000000782. The van der Waals surface area contributed by atoms with E-state index < -0.39 is 17.4 Å². The van der Waals surface area contributed by atoms with Gasteiger partial charge in [-0.15, -0.1) is 5.10 Å². The minimum Gasteiger partial charge on any atom is -0.393 e. The van der Waals surface area contributed by atoms with Gasteiger partial charge < -0.3 is 10.0 Å². The zero-order valence-electron chi connectivity index (χ0n) is 26.0. The fraction of sp³-hybridized carbons (Fsp3) is 0.441. The zero-order valence-corrected chi connectivity index (χ0v) is 26.0. The van der Waals surface area contributed by atoms with Gasteiger partial charge in [-0.05, 0) is 83.2 Å². The van der Waals surface area contributed by atoms with E-state index in [4.69, 9.17) is 5.11 Å². The first kappa shape index (κ1) is 34.6. The normalized spacial score (nSPS) is 15.4. The van der Waals surface area contributed by atoms with Gasteiger partial charge in [0, 0.05) is 24.4 Å². The number of carbonyl (C=O) groups is 1. The molecular formula is C34H46F2N4O2. The molecule has 1 atom stereocenters. The highest BCUT2D eigenvalue weighted by molar-refractivity contribution is 5.95. The lowest BCUT2D eigenvalue weighted by Crippen LogP contribution is -2.34. The van der Waals surface area contributed by atoms with Gasteiger partial charge in [0.15, 0.2) is 17.4 Å². The summed E-state index contributed by atoms with van der Waals surface area (Å²) in [7, 11) is 0. The molecule has 1 aliphatic rings. The van der Waals surface area contributed by atoms with Crippen LogP contribution in [0.1, 0.15) is 107 Å². The van der Waals surface area contributed by atoms with Crippen molar-refractivity contribution in [3.05, 3.63) is 88.9 Å². The van der Waals surface area contributed by atoms with Crippen LogP contribution < -0.4 is 0 Å². The molecule has 1 unspecified atom stereocenters. The van der Waals surface area contributed by atoms with Crippen LogP contribution in [-0.4, -0.2) is 50.0 Å². The molecule has 1 N–H and O–H groups in total. The van der Waals surface area contributed by atoms with Crippen molar-refractivity contribution >= 4 is 23.5 Å². The second-order valence-electron chi connectivity index (χ2n) is 10.6. The number of benzene rings is 1. The molecule has 0 bridgehead atoms. The van der Waals surface area contributed by atoms with Crippen LogP contribution in [0.15, 0.2) is 54.8 Å². The topological polar surface area (TPSA) is 71.2 Å². The van der Waals surface area contributed by atoms with Crippen LogP contribution in [0.5, 0.6) is 0 Å². The minimum absolute atomic E-state index is 0.0509. The predicted molar refractivity (Wildman–Crippen MR) is 169 cm³/mol. The number of nitrogens with zero attached hydrogens (tertiary/aromatic N) is 4. The standard InChI is InChI=1S/C28H32F2N4O.C6H14O/c1-7-18(3)9-10-20(5)33-15-13-22(14-16-33)34-26(8-2)25(31-32-34)17-19(4)23-11-12-24(21(6)35)28(30)27(23)29;1-3-5-6(7)4-2/h7-12,17,22H,2,5,13-16H2,1,3-4,6H3;6-7H,3-5H2,1-2H3/b10-9-,18-7-,19-17+;. The Kier molecular flexibility index (Phi) is 13.7. The van der Waals surface area contributed by atoms with E-state index in [1.165, 1.54) is 24.6 Å². The van der Waals surface area contributed by atoms with Crippen molar-refractivity contribution in [2.45, 2.75) is 85.8 Å². The van der Waals surface area contributed by atoms with Crippen molar-refractivity contribution in [3.63, 3.8) is 0 Å². The van der Waals surface area contributed by atoms with Crippen molar-refractivity contribution in [2.24, 2.45) is 0 Å². The Hall–Kier alpha value is -3.65. The largest absolute Gasteiger partial charge is 0.393 e. The van der Waals surface area contributed by atoms with Crippen LogP contribution in [0.2, 0.25) is 0 Å². The Labute approximate surface area is 249 Å². The molecule has 2 heterocycles. The summed E-state index contributed by atoms with van der Waals surface area (Å²) in [6.07, 6.45) is 14.1. The number of rotatable bonds is 11. The first-order chi connectivity index (χ1) is 20.0. The van der Waals surface area contributed by atoms with Crippen molar-refractivity contribution in [3.8, 4) is 0 Å². The van der Waals surface area contributed by atoms with Crippen LogP contribution in [0.3, 0.4) is 0 Å². The van der Waals surface area contributed by atoms with Crippen LogP contribution in [0, 0.1) is 11.6 Å². The van der Waals surface area contributed by atoms with E-state index in [0.717, 1.165) is 56.6 Å². The summed E-state index contributed by atoms with van der Waals surface area (Å²) < 4.78 is 30.8. The monoisotopic (exact) mass is 580 g/mol. The summed E-state index contributed by atoms with van der Waals surface area (Å²) in [6.45, 7) is 20.8. The summed E-state index contributed by atoms with van der Waals surface area (Å²) in [5, 5.41) is 17.5. The van der Waals surface area contributed by atoms with E-state index in [1.807, 2.05) is 24.6 Å². The van der Waals surface area contributed by atoms with Crippen molar-refractivity contribution in [2.75, 3.05) is 13.1 Å². The van der Waals surface area contributed by atoms with Gasteiger partial charge >= 0.3 is 0 Å². The number of hydrogen-bond acceptors (Lipinski definition) is 5. The maximum atomic E-state index is 14.6. The van der Waals surface area contributed by atoms with E-state index in [-0.39, 0.29) is 23.3 Å². The molecule has 2 aromatic rings. The molecule has 0 radical (unpaired) electrons. The number of halogens is 2. The number of Topliss-reactive ketones (excluding diaryl/α,β-unsaturated/α-hetero) is 1. The third-order valence-corrected chi connectivity index (χ3v) is 7.49. The highest BCUT2D eigenvalue weighted by atomic mass is 19.2. The second-order valence-corrected chi connectivity index (χ2v) is 10.6. The summed E-state index contributed by atoms with van der Waals surface area (Å²) in [4.78, 5) is 13.7. The molecule has 0 saturated carbocycles. The van der Waals surface area contributed by atoms with Crippen molar-refractivity contribution in [1.82, 2.24) is 19.9 Å². The molecular weight excluding hydrogens is 534 g/mol. The van der Waals surface area contributed by atoms with Gasteiger partial charge in [-0.25, -0.2) is 13.5 Å². The van der Waals surface area contributed by atoms with Gasteiger partial charge in [-0.2, -0.15) is 0 Å². The zero-order chi connectivity index (χ0) is 31.4.